The molecule has 4 nitrogen and oxygen atoms in total. The average molecular weight is 367 g/mol. The van der Waals surface area contributed by atoms with E-state index >= 15 is 8.78 Å². The number of hydrogen-bond donors (Lipinski definition) is 1. The second-order valence-corrected chi connectivity index (χ2v) is 7.84. The van der Waals surface area contributed by atoms with E-state index < -0.39 is 35.4 Å². The molecule has 0 aromatic heterocycles. The Morgan fingerprint density at radius 1 is 1.08 bits per heavy atom. The maximum atomic E-state index is 15.1. The highest BCUT2D eigenvalue weighted by Gasteiger charge is 2.51. The Kier molecular flexibility index (Phi) is 6.37. The largest absolute Gasteiger partial charge is 0.444 e. The zero-order chi connectivity index (χ0) is 19.4. The van der Waals surface area contributed by atoms with Crippen LogP contribution >= 0.6 is 0 Å². The van der Waals surface area contributed by atoms with Crippen molar-refractivity contribution in [1.82, 2.24) is 5.32 Å². The molecule has 1 aromatic carbocycles. The number of alkyl halides is 2. The molecule has 144 valence electrons. The highest BCUT2D eigenvalue weighted by atomic mass is 19.3. The van der Waals surface area contributed by atoms with Crippen LogP contribution in [0.4, 0.5) is 13.6 Å². The van der Waals surface area contributed by atoms with Gasteiger partial charge < -0.3 is 10.1 Å². The number of benzene rings is 1. The van der Waals surface area contributed by atoms with Crippen molar-refractivity contribution in [3.63, 3.8) is 0 Å². The highest BCUT2D eigenvalue weighted by molar-refractivity contribution is 6.02. The lowest BCUT2D eigenvalue weighted by atomic mass is 9.80. The van der Waals surface area contributed by atoms with Gasteiger partial charge in [-0.1, -0.05) is 49.6 Å². The Bertz CT molecular complexity index is 620. The number of nitrogens with one attached hydrogen (secondary N) is 1. The Balaban J connectivity index is 2.26. The number of amides is 1. The van der Waals surface area contributed by atoms with E-state index in [4.69, 9.17) is 4.74 Å². The van der Waals surface area contributed by atoms with Gasteiger partial charge in [-0.15, -0.1) is 0 Å². The molecule has 1 amide bonds. The summed E-state index contributed by atoms with van der Waals surface area (Å²) in [5.41, 5.74) is -0.871. The maximum Gasteiger partial charge on any atom is 0.408 e. The van der Waals surface area contributed by atoms with Gasteiger partial charge in [-0.05, 0) is 39.5 Å². The van der Waals surface area contributed by atoms with E-state index in [9.17, 15) is 9.59 Å². The van der Waals surface area contributed by atoms with E-state index in [-0.39, 0.29) is 5.56 Å². The van der Waals surface area contributed by atoms with Crippen molar-refractivity contribution in [2.24, 2.45) is 5.92 Å². The summed E-state index contributed by atoms with van der Waals surface area (Å²) >= 11 is 0. The van der Waals surface area contributed by atoms with Gasteiger partial charge in [0.25, 0.3) is 0 Å². The number of hydrogen-bond acceptors (Lipinski definition) is 3. The summed E-state index contributed by atoms with van der Waals surface area (Å²) in [5.74, 6) is -5.44. The number of halogens is 2. The van der Waals surface area contributed by atoms with Crippen molar-refractivity contribution in [3.8, 4) is 0 Å². The fraction of sp³-hybridized carbons (Fsp3) is 0.600. The van der Waals surface area contributed by atoms with Crippen LogP contribution in [0.15, 0.2) is 30.3 Å². The van der Waals surface area contributed by atoms with Gasteiger partial charge in [-0.3, -0.25) is 4.79 Å². The number of Topliss-reactive ketones (excluding diaryl/α,β-unsaturated/α-hetero) is 1. The first kappa shape index (κ1) is 20.3. The molecule has 0 unspecified atom stereocenters. The fourth-order valence-electron chi connectivity index (χ4n) is 3.33. The molecule has 0 bridgehead atoms. The zero-order valence-electron chi connectivity index (χ0n) is 15.6. The molecule has 0 saturated heterocycles. The minimum absolute atomic E-state index is 0.0655. The van der Waals surface area contributed by atoms with E-state index in [0.29, 0.717) is 12.8 Å². The smallest absolute Gasteiger partial charge is 0.408 e. The lowest BCUT2D eigenvalue weighted by Gasteiger charge is -2.35. The number of carbonyl (C=O) groups excluding carboxylic acids is 2. The third-order valence-corrected chi connectivity index (χ3v) is 4.52. The molecule has 1 aliphatic rings. The van der Waals surface area contributed by atoms with Crippen molar-refractivity contribution in [2.75, 3.05) is 0 Å². The van der Waals surface area contributed by atoms with Gasteiger partial charge in [0.1, 0.15) is 11.6 Å². The van der Waals surface area contributed by atoms with E-state index in [2.05, 4.69) is 5.32 Å². The van der Waals surface area contributed by atoms with Gasteiger partial charge in [0, 0.05) is 5.56 Å². The standard InChI is InChI=1S/C20H27F2NO3/c1-19(2,3)26-18(25)23-16(14-10-6-4-7-11-14)20(21,22)17(24)15-12-8-5-9-13-15/h5,8-9,12-14,16H,4,6-7,10-11H2,1-3H3,(H,23,25)/t16-/m0/s1. The Morgan fingerprint density at radius 2 is 1.65 bits per heavy atom. The molecule has 1 saturated carbocycles. The zero-order valence-corrected chi connectivity index (χ0v) is 15.6. The van der Waals surface area contributed by atoms with Gasteiger partial charge in [-0.2, -0.15) is 8.78 Å². The molecule has 2 rings (SSSR count). The minimum atomic E-state index is -3.71. The van der Waals surface area contributed by atoms with E-state index in [0.717, 1.165) is 19.3 Å². The molecule has 6 heteroatoms. The quantitative estimate of drug-likeness (QED) is 0.747. The van der Waals surface area contributed by atoms with Gasteiger partial charge in [0.05, 0.1) is 0 Å². The van der Waals surface area contributed by atoms with Crippen molar-refractivity contribution < 1.29 is 23.1 Å². The normalized spacial score (nSPS) is 17.4. The SMILES string of the molecule is CC(C)(C)OC(=O)N[C@@H](C1CCCCC1)C(F)(F)C(=O)c1ccccc1. The predicted octanol–water partition coefficient (Wildman–Crippen LogP) is 4.98. The van der Waals surface area contributed by atoms with Crippen molar-refractivity contribution in [2.45, 2.75) is 70.4 Å². The molecule has 1 N–H and O–H groups in total. The first-order valence-corrected chi connectivity index (χ1v) is 9.08. The fourth-order valence-corrected chi connectivity index (χ4v) is 3.33. The first-order chi connectivity index (χ1) is 12.1. The monoisotopic (exact) mass is 367 g/mol. The van der Waals surface area contributed by atoms with Gasteiger partial charge in [0.15, 0.2) is 0 Å². The summed E-state index contributed by atoms with van der Waals surface area (Å²) in [7, 11) is 0. The van der Waals surface area contributed by atoms with Gasteiger partial charge >= 0.3 is 12.0 Å². The molecule has 0 spiro atoms. The third kappa shape index (κ3) is 5.26. The number of carbonyl (C=O) groups is 2. The van der Waals surface area contributed by atoms with Crippen molar-refractivity contribution in [3.05, 3.63) is 35.9 Å². The lowest BCUT2D eigenvalue weighted by molar-refractivity contribution is -0.0387. The van der Waals surface area contributed by atoms with Crippen molar-refractivity contribution >= 4 is 11.9 Å². The van der Waals surface area contributed by atoms with Crippen molar-refractivity contribution in [1.29, 1.82) is 0 Å². The number of rotatable bonds is 5. The molecular formula is C20H27F2NO3. The van der Waals surface area contributed by atoms with Crippen LogP contribution in [0, 0.1) is 5.92 Å². The third-order valence-electron chi connectivity index (χ3n) is 4.52. The van der Waals surface area contributed by atoms with Crippen LogP contribution in [0.2, 0.25) is 0 Å². The average Bonchev–Trinajstić information content (AvgIpc) is 2.59. The molecule has 1 aromatic rings. The molecule has 0 radical (unpaired) electrons. The summed E-state index contributed by atoms with van der Waals surface area (Å²) in [5, 5.41) is 2.30. The molecular weight excluding hydrogens is 340 g/mol. The number of alkyl carbamates (subject to hydrolysis) is 1. The Labute approximate surface area is 153 Å². The molecule has 26 heavy (non-hydrogen) atoms. The predicted molar refractivity (Wildman–Crippen MR) is 95.5 cm³/mol. The minimum Gasteiger partial charge on any atom is -0.444 e. The Hall–Kier alpha value is -1.98. The topological polar surface area (TPSA) is 55.4 Å². The lowest BCUT2D eigenvalue weighted by Crippen LogP contribution is -2.56. The molecule has 1 aliphatic carbocycles. The van der Waals surface area contributed by atoms with Crippen LogP contribution in [-0.2, 0) is 4.74 Å². The van der Waals surface area contributed by atoms with Gasteiger partial charge in [-0.25, -0.2) is 4.79 Å². The first-order valence-electron chi connectivity index (χ1n) is 9.08. The second-order valence-electron chi connectivity index (χ2n) is 7.84. The number of ketones is 1. The van der Waals surface area contributed by atoms with Crippen LogP contribution in [0.5, 0.6) is 0 Å². The van der Waals surface area contributed by atoms with E-state index in [1.807, 2.05) is 0 Å². The maximum absolute atomic E-state index is 15.1. The highest BCUT2D eigenvalue weighted by Crippen LogP contribution is 2.36. The summed E-state index contributed by atoms with van der Waals surface area (Å²) in [6.07, 6.45) is 2.79. The summed E-state index contributed by atoms with van der Waals surface area (Å²) < 4.78 is 35.4. The van der Waals surface area contributed by atoms with Crippen LogP contribution in [0.1, 0.15) is 63.2 Å². The van der Waals surface area contributed by atoms with Crippen LogP contribution < -0.4 is 5.32 Å². The van der Waals surface area contributed by atoms with Crippen LogP contribution in [0.3, 0.4) is 0 Å². The molecule has 1 fully saturated rings. The molecule has 0 heterocycles. The number of ether oxygens (including phenoxy) is 1. The van der Waals surface area contributed by atoms with Crippen LogP contribution in [-0.4, -0.2) is 29.4 Å². The van der Waals surface area contributed by atoms with E-state index in [1.54, 1.807) is 39.0 Å². The van der Waals surface area contributed by atoms with E-state index in [1.165, 1.54) is 12.1 Å². The summed E-state index contributed by atoms with van der Waals surface area (Å²) in [4.78, 5) is 24.6. The molecule has 1 atom stereocenters. The van der Waals surface area contributed by atoms with Gasteiger partial charge in [0.2, 0.25) is 5.78 Å². The Morgan fingerprint density at radius 3 is 2.19 bits per heavy atom. The van der Waals surface area contributed by atoms with Crippen LogP contribution in [0.25, 0.3) is 0 Å². The summed E-state index contributed by atoms with van der Waals surface area (Å²) in [6.45, 7) is 4.99. The second kappa shape index (κ2) is 8.14. The summed E-state index contributed by atoms with van der Waals surface area (Å²) in [6, 6.07) is 5.89. The molecule has 0 aliphatic heterocycles.